The van der Waals surface area contributed by atoms with Crippen LogP contribution in [0.5, 0.6) is 0 Å². The lowest BCUT2D eigenvalue weighted by Crippen LogP contribution is -1.83. The topological polar surface area (TPSA) is 30.7 Å². The summed E-state index contributed by atoms with van der Waals surface area (Å²) >= 11 is 1.73. The van der Waals surface area contributed by atoms with Crippen LogP contribution in [0.1, 0.15) is 11.8 Å². The summed E-state index contributed by atoms with van der Waals surface area (Å²) in [4.78, 5) is 5.65. The molecule has 0 N–H and O–H groups in total. The van der Waals surface area contributed by atoms with Crippen LogP contribution in [0.2, 0.25) is 0 Å². The van der Waals surface area contributed by atoms with E-state index in [9.17, 15) is 0 Å². The van der Waals surface area contributed by atoms with Gasteiger partial charge in [-0.1, -0.05) is 6.92 Å². The van der Waals surface area contributed by atoms with E-state index in [0.717, 1.165) is 17.0 Å². The number of thiazole rings is 1. The number of rotatable bonds is 2. The second-order valence-corrected chi connectivity index (χ2v) is 4.00. The van der Waals surface area contributed by atoms with E-state index >= 15 is 0 Å². The monoisotopic (exact) mass is 193 g/mol. The molecule has 4 heteroatoms. The third kappa shape index (κ3) is 1.62. The number of aryl methyl sites for hydroxylation is 2. The summed E-state index contributed by atoms with van der Waals surface area (Å²) in [6, 6.07) is 0. The van der Waals surface area contributed by atoms with E-state index in [1.165, 1.54) is 4.88 Å². The fourth-order valence-electron chi connectivity index (χ4n) is 1.14. The van der Waals surface area contributed by atoms with Gasteiger partial charge in [0.2, 0.25) is 0 Å². The molecule has 0 aliphatic rings. The first kappa shape index (κ1) is 8.44. The molecule has 0 aromatic carbocycles. The highest BCUT2D eigenvalue weighted by molar-refractivity contribution is 7.15. The maximum absolute atomic E-state index is 4.34. The molecule has 0 fully saturated rings. The molecule has 0 aliphatic carbocycles. The maximum Gasteiger partial charge on any atom is 0.126 e. The molecule has 0 amide bonds. The number of hydrogen-bond acceptors (Lipinski definition) is 3. The Hall–Kier alpha value is -1.16. The molecule has 0 atom stereocenters. The fourth-order valence-corrected chi connectivity index (χ4v) is 1.96. The van der Waals surface area contributed by atoms with Crippen molar-refractivity contribution >= 4 is 11.3 Å². The lowest BCUT2D eigenvalue weighted by atomic mass is 10.4. The molecular formula is C9H11N3S. The van der Waals surface area contributed by atoms with Gasteiger partial charge in [0, 0.05) is 29.9 Å². The molecule has 0 saturated heterocycles. The smallest absolute Gasteiger partial charge is 0.126 e. The Balaban J connectivity index is 2.35. The molecule has 0 radical (unpaired) electrons. The van der Waals surface area contributed by atoms with Gasteiger partial charge in [0.05, 0.1) is 6.20 Å². The average molecular weight is 193 g/mol. The molecule has 13 heavy (non-hydrogen) atoms. The van der Waals surface area contributed by atoms with Gasteiger partial charge in [-0.2, -0.15) is 5.10 Å². The number of aromatic nitrogens is 3. The van der Waals surface area contributed by atoms with Crippen molar-refractivity contribution in [1.29, 1.82) is 0 Å². The highest BCUT2D eigenvalue weighted by Crippen LogP contribution is 2.24. The SMILES string of the molecule is CCc1cnc(-c2cnn(C)c2)s1. The summed E-state index contributed by atoms with van der Waals surface area (Å²) in [5, 5.41) is 5.17. The van der Waals surface area contributed by atoms with Crippen LogP contribution in [0.25, 0.3) is 10.6 Å². The molecule has 3 nitrogen and oxygen atoms in total. The minimum Gasteiger partial charge on any atom is -0.275 e. The Morgan fingerprint density at radius 1 is 1.46 bits per heavy atom. The highest BCUT2D eigenvalue weighted by Gasteiger charge is 2.04. The highest BCUT2D eigenvalue weighted by atomic mass is 32.1. The van der Waals surface area contributed by atoms with E-state index in [1.54, 1.807) is 16.0 Å². The van der Waals surface area contributed by atoms with Crippen molar-refractivity contribution in [2.45, 2.75) is 13.3 Å². The van der Waals surface area contributed by atoms with Crippen LogP contribution in [0, 0.1) is 0 Å². The van der Waals surface area contributed by atoms with Crippen molar-refractivity contribution in [2.24, 2.45) is 7.05 Å². The summed E-state index contributed by atoms with van der Waals surface area (Å²) in [5.74, 6) is 0. The van der Waals surface area contributed by atoms with Gasteiger partial charge < -0.3 is 0 Å². The first-order valence-corrected chi connectivity index (χ1v) is 5.05. The van der Waals surface area contributed by atoms with E-state index in [0.29, 0.717) is 0 Å². The summed E-state index contributed by atoms with van der Waals surface area (Å²) in [6.45, 7) is 2.14. The fraction of sp³-hybridized carbons (Fsp3) is 0.333. The van der Waals surface area contributed by atoms with Crippen LogP contribution < -0.4 is 0 Å². The van der Waals surface area contributed by atoms with E-state index in [-0.39, 0.29) is 0 Å². The van der Waals surface area contributed by atoms with E-state index in [2.05, 4.69) is 17.0 Å². The molecule has 2 aromatic heterocycles. The molecule has 0 bridgehead atoms. The molecule has 0 aliphatic heterocycles. The lowest BCUT2D eigenvalue weighted by Gasteiger charge is -1.86. The first-order chi connectivity index (χ1) is 6.29. The maximum atomic E-state index is 4.34. The second-order valence-electron chi connectivity index (χ2n) is 2.89. The van der Waals surface area contributed by atoms with Gasteiger partial charge in [-0.3, -0.25) is 4.68 Å². The third-order valence-electron chi connectivity index (χ3n) is 1.85. The molecule has 68 valence electrons. The Bertz CT molecular complexity index is 402. The van der Waals surface area contributed by atoms with Gasteiger partial charge in [0.15, 0.2) is 0 Å². The van der Waals surface area contributed by atoms with Crippen LogP contribution in [0.15, 0.2) is 18.6 Å². The zero-order valence-corrected chi connectivity index (χ0v) is 8.51. The van der Waals surface area contributed by atoms with E-state index in [4.69, 9.17) is 0 Å². The van der Waals surface area contributed by atoms with Crippen LogP contribution in [-0.2, 0) is 13.5 Å². The lowest BCUT2D eigenvalue weighted by molar-refractivity contribution is 0.768. The molecular weight excluding hydrogens is 182 g/mol. The van der Waals surface area contributed by atoms with Gasteiger partial charge in [0.25, 0.3) is 0 Å². The largest absolute Gasteiger partial charge is 0.275 e. The minimum atomic E-state index is 1.05. The first-order valence-electron chi connectivity index (χ1n) is 4.23. The van der Waals surface area contributed by atoms with Crippen molar-refractivity contribution in [3.05, 3.63) is 23.5 Å². The Morgan fingerprint density at radius 3 is 2.85 bits per heavy atom. The zero-order valence-electron chi connectivity index (χ0n) is 7.69. The zero-order chi connectivity index (χ0) is 9.26. The Kier molecular flexibility index (Phi) is 2.14. The van der Waals surface area contributed by atoms with Gasteiger partial charge >= 0.3 is 0 Å². The van der Waals surface area contributed by atoms with Gasteiger partial charge in [-0.05, 0) is 6.42 Å². The molecule has 2 rings (SSSR count). The van der Waals surface area contributed by atoms with Crippen LogP contribution >= 0.6 is 11.3 Å². The van der Waals surface area contributed by atoms with Crippen LogP contribution in [0.4, 0.5) is 0 Å². The second kappa shape index (κ2) is 3.30. The van der Waals surface area contributed by atoms with Crippen molar-refractivity contribution in [3.63, 3.8) is 0 Å². The molecule has 0 spiro atoms. The predicted octanol–water partition coefficient (Wildman–Crippen LogP) is 2.11. The molecule has 0 saturated carbocycles. The van der Waals surface area contributed by atoms with Crippen LogP contribution in [0.3, 0.4) is 0 Å². The quantitative estimate of drug-likeness (QED) is 0.731. The van der Waals surface area contributed by atoms with E-state index in [1.807, 2.05) is 25.6 Å². The Morgan fingerprint density at radius 2 is 2.31 bits per heavy atom. The number of hydrogen-bond donors (Lipinski definition) is 0. The van der Waals surface area contributed by atoms with Gasteiger partial charge in [-0.15, -0.1) is 11.3 Å². The van der Waals surface area contributed by atoms with Crippen molar-refractivity contribution in [2.75, 3.05) is 0 Å². The minimum absolute atomic E-state index is 1.05. The molecule has 2 aromatic rings. The van der Waals surface area contributed by atoms with Gasteiger partial charge in [-0.25, -0.2) is 4.98 Å². The molecule has 2 heterocycles. The average Bonchev–Trinajstić information content (AvgIpc) is 2.71. The summed E-state index contributed by atoms with van der Waals surface area (Å²) in [7, 11) is 1.91. The summed E-state index contributed by atoms with van der Waals surface area (Å²) in [5.41, 5.74) is 1.10. The normalized spacial score (nSPS) is 10.6. The van der Waals surface area contributed by atoms with Crippen molar-refractivity contribution in [3.8, 4) is 10.6 Å². The van der Waals surface area contributed by atoms with Crippen molar-refractivity contribution < 1.29 is 0 Å². The van der Waals surface area contributed by atoms with Gasteiger partial charge in [0.1, 0.15) is 5.01 Å². The summed E-state index contributed by atoms with van der Waals surface area (Å²) < 4.78 is 1.79. The summed E-state index contributed by atoms with van der Waals surface area (Å²) in [6.07, 6.45) is 6.82. The third-order valence-corrected chi connectivity index (χ3v) is 3.04. The molecule has 0 unspecified atom stereocenters. The number of nitrogens with zero attached hydrogens (tertiary/aromatic N) is 3. The predicted molar refractivity (Wildman–Crippen MR) is 53.7 cm³/mol. The van der Waals surface area contributed by atoms with Crippen LogP contribution in [-0.4, -0.2) is 14.8 Å². The Labute approximate surface area is 81.1 Å². The van der Waals surface area contributed by atoms with E-state index < -0.39 is 0 Å². The van der Waals surface area contributed by atoms with Crippen molar-refractivity contribution in [1.82, 2.24) is 14.8 Å². The standard InChI is InChI=1S/C9H11N3S/c1-3-8-5-10-9(13-8)7-4-11-12(2)6-7/h4-6H,3H2,1-2H3.